The predicted molar refractivity (Wildman–Crippen MR) is 139 cm³/mol. The average Bonchev–Trinajstić information content (AvgIpc) is 2.78. The van der Waals surface area contributed by atoms with Gasteiger partial charge in [-0.1, -0.05) is 41.2 Å². The molecule has 176 valence electrons. The van der Waals surface area contributed by atoms with Crippen molar-refractivity contribution in [1.82, 2.24) is 4.90 Å². The van der Waals surface area contributed by atoms with Crippen LogP contribution in [0.15, 0.2) is 47.4 Å². The van der Waals surface area contributed by atoms with Crippen molar-refractivity contribution < 1.29 is 8.42 Å². The van der Waals surface area contributed by atoms with E-state index in [1.54, 1.807) is 42.5 Å². The molecular weight excluding hydrogens is 507 g/mol. The smallest absolute Gasteiger partial charge is 0.152 e. The van der Waals surface area contributed by atoms with Gasteiger partial charge in [-0.2, -0.15) is 0 Å². The first-order valence-corrected chi connectivity index (χ1v) is 14.7. The Balaban J connectivity index is 1.60. The zero-order chi connectivity index (χ0) is 23.1. The van der Waals surface area contributed by atoms with Gasteiger partial charge in [-0.25, -0.2) is 4.21 Å². The van der Waals surface area contributed by atoms with Crippen molar-refractivity contribution in [1.29, 1.82) is 0 Å². The fraction of sp³-hybridized carbons (Fsp3) is 0.478. The lowest BCUT2D eigenvalue weighted by Gasteiger charge is -2.31. The Kier molecular flexibility index (Phi) is 10.3. The van der Waals surface area contributed by atoms with E-state index in [1.165, 1.54) is 0 Å². The van der Waals surface area contributed by atoms with Crippen molar-refractivity contribution in [2.24, 2.45) is 0 Å². The van der Waals surface area contributed by atoms with Crippen molar-refractivity contribution in [2.45, 2.75) is 42.2 Å². The minimum Gasteiger partial charge on any atom is -0.302 e. The van der Waals surface area contributed by atoms with E-state index in [4.69, 9.17) is 34.8 Å². The molecule has 0 bridgehead atoms. The highest BCUT2D eigenvalue weighted by atomic mass is 35.5. The summed E-state index contributed by atoms with van der Waals surface area (Å²) in [5.41, 5.74) is 0.664. The van der Waals surface area contributed by atoms with E-state index >= 15 is 0 Å². The summed E-state index contributed by atoms with van der Waals surface area (Å²) in [6, 6.07) is 12.2. The molecule has 0 aliphatic carbocycles. The van der Waals surface area contributed by atoms with E-state index in [-0.39, 0.29) is 0 Å². The first kappa shape index (κ1) is 26.0. The van der Waals surface area contributed by atoms with Gasteiger partial charge in [0.1, 0.15) is 0 Å². The number of piperidine rings is 1. The third-order valence-electron chi connectivity index (χ3n) is 5.66. The molecule has 4 nitrogen and oxygen atoms in total. The summed E-state index contributed by atoms with van der Waals surface area (Å²) in [6.45, 7) is 3.61. The van der Waals surface area contributed by atoms with Crippen LogP contribution in [0.2, 0.25) is 15.1 Å². The van der Waals surface area contributed by atoms with Gasteiger partial charge in [0.15, 0.2) is 11.0 Å². The van der Waals surface area contributed by atoms with Crippen LogP contribution in [0.25, 0.3) is 0 Å². The number of hydrogen-bond acceptors (Lipinski definition) is 3. The number of benzene rings is 2. The number of hydrogen-bond donors (Lipinski definition) is 0. The summed E-state index contributed by atoms with van der Waals surface area (Å²) in [7, 11) is -2.18. The lowest BCUT2D eigenvalue weighted by Crippen LogP contribution is -2.40. The van der Waals surface area contributed by atoms with Crippen LogP contribution in [0.4, 0.5) is 5.69 Å². The summed E-state index contributed by atoms with van der Waals surface area (Å²) in [5.74, 6) is 0. The molecule has 0 N–H and O–H groups in total. The monoisotopic (exact) mass is 534 g/mol. The normalized spacial score (nSPS) is 18.9. The van der Waals surface area contributed by atoms with Crippen LogP contribution in [-0.4, -0.2) is 51.0 Å². The molecule has 2 aromatic rings. The van der Waals surface area contributed by atoms with Crippen molar-refractivity contribution in [3.8, 4) is 0 Å². The van der Waals surface area contributed by atoms with Crippen LogP contribution >= 0.6 is 34.8 Å². The molecule has 1 fully saturated rings. The van der Waals surface area contributed by atoms with E-state index < -0.39 is 21.8 Å². The van der Waals surface area contributed by atoms with Crippen molar-refractivity contribution >= 4 is 62.3 Å². The van der Waals surface area contributed by atoms with Crippen LogP contribution in [0.3, 0.4) is 0 Å². The fourth-order valence-corrected chi connectivity index (χ4v) is 6.63. The quantitative estimate of drug-likeness (QED) is 0.341. The molecule has 1 heterocycles. The van der Waals surface area contributed by atoms with E-state index in [9.17, 15) is 8.42 Å². The Morgan fingerprint density at radius 2 is 1.72 bits per heavy atom. The molecule has 0 spiro atoms. The SMILES string of the molecule is CS(=O)C1CCCN(CCCCCN(c2cc(Cl)ccc2Cl)S(=O)c2ccc(Cl)cc2)C1. The molecule has 0 radical (unpaired) electrons. The van der Waals surface area contributed by atoms with Crippen LogP contribution in [0, 0.1) is 0 Å². The van der Waals surface area contributed by atoms with Gasteiger partial charge >= 0.3 is 0 Å². The summed E-state index contributed by atoms with van der Waals surface area (Å²) in [5, 5.41) is 1.97. The highest BCUT2D eigenvalue weighted by Gasteiger charge is 2.22. The topological polar surface area (TPSA) is 40.6 Å². The Labute approximate surface area is 211 Å². The molecule has 1 aliphatic heterocycles. The van der Waals surface area contributed by atoms with Crippen LogP contribution < -0.4 is 4.31 Å². The van der Waals surface area contributed by atoms with Gasteiger partial charge in [-0.05, 0) is 81.2 Å². The minimum absolute atomic E-state index is 0.297. The second-order valence-corrected chi connectivity index (χ2v) is 12.4. The number of nitrogens with zero attached hydrogens (tertiary/aromatic N) is 2. The molecule has 1 aliphatic rings. The first-order chi connectivity index (χ1) is 15.3. The van der Waals surface area contributed by atoms with E-state index in [0.29, 0.717) is 37.4 Å². The Morgan fingerprint density at radius 1 is 1.00 bits per heavy atom. The molecule has 3 atom stereocenters. The molecule has 2 aromatic carbocycles. The van der Waals surface area contributed by atoms with E-state index in [1.807, 2.05) is 10.6 Å². The molecule has 32 heavy (non-hydrogen) atoms. The summed E-state index contributed by atoms with van der Waals surface area (Å²) >= 11 is 18.6. The van der Waals surface area contributed by atoms with E-state index in [2.05, 4.69) is 4.90 Å². The molecule has 0 saturated carbocycles. The van der Waals surface area contributed by atoms with Gasteiger partial charge in [0.2, 0.25) is 0 Å². The van der Waals surface area contributed by atoms with Gasteiger partial charge < -0.3 is 4.90 Å². The fourth-order valence-electron chi connectivity index (χ4n) is 3.90. The van der Waals surface area contributed by atoms with Gasteiger partial charge in [0.25, 0.3) is 0 Å². The molecule has 3 rings (SSSR count). The summed E-state index contributed by atoms with van der Waals surface area (Å²) < 4.78 is 27.0. The molecule has 1 saturated heterocycles. The van der Waals surface area contributed by atoms with E-state index in [0.717, 1.165) is 51.7 Å². The molecule has 3 unspecified atom stereocenters. The molecule has 0 amide bonds. The zero-order valence-corrected chi connectivity index (χ0v) is 22.0. The zero-order valence-electron chi connectivity index (χ0n) is 18.1. The first-order valence-electron chi connectivity index (χ1n) is 10.8. The summed E-state index contributed by atoms with van der Waals surface area (Å²) in [6.07, 6.45) is 6.91. The number of unbranched alkanes of at least 4 members (excludes halogenated alkanes) is 2. The maximum atomic E-state index is 13.4. The lowest BCUT2D eigenvalue weighted by molar-refractivity contribution is 0.228. The van der Waals surface area contributed by atoms with Gasteiger partial charge in [-0.15, -0.1) is 0 Å². The standard InChI is InChI=1S/C23H29Cl3N2O2S2/c1-31(29)21-6-5-14-27(17-21)13-3-2-4-15-28(23-16-19(25)9-12-22(23)26)32(30)20-10-7-18(24)8-11-20/h7-12,16,21H,2-6,13-15,17H2,1H3. The van der Waals surface area contributed by atoms with Crippen LogP contribution in [-0.2, 0) is 21.8 Å². The highest BCUT2D eigenvalue weighted by Crippen LogP contribution is 2.32. The lowest BCUT2D eigenvalue weighted by atomic mass is 10.1. The number of likely N-dealkylation sites (tertiary alicyclic amines) is 1. The Bertz CT molecular complexity index is 943. The van der Waals surface area contributed by atoms with Crippen molar-refractivity contribution in [3.05, 3.63) is 57.5 Å². The second-order valence-electron chi connectivity index (χ2n) is 8.03. The van der Waals surface area contributed by atoms with Crippen LogP contribution in [0.1, 0.15) is 32.1 Å². The van der Waals surface area contributed by atoms with Gasteiger partial charge in [0, 0.05) is 45.4 Å². The van der Waals surface area contributed by atoms with Crippen molar-refractivity contribution in [3.63, 3.8) is 0 Å². The van der Waals surface area contributed by atoms with Gasteiger partial charge in [-0.3, -0.25) is 8.51 Å². The highest BCUT2D eigenvalue weighted by molar-refractivity contribution is 7.86. The third kappa shape index (κ3) is 7.44. The minimum atomic E-state index is -1.43. The summed E-state index contributed by atoms with van der Waals surface area (Å²) in [4.78, 5) is 3.09. The maximum Gasteiger partial charge on any atom is 0.152 e. The number of halogens is 3. The maximum absolute atomic E-state index is 13.4. The van der Waals surface area contributed by atoms with Gasteiger partial charge in [0.05, 0.1) is 15.6 Å². The molecule has 0 aromatic heterocycles. The number of anilines is 1. The van der Waals surface area contributed by atoms with Crippen molar-refractivity contribution in [2.75, 3.05) is 36.7 Å². The number of rotatable bonds is 10. The second kappa shape index (κ2) is 12.7. The third-order valence-corrected chi connectivity index (χ3v) is 9.24. The Hall–Kier alpha value is -0.630. The Morgan fingerprint density at radius 3 is 2.44 bits per heavy atom. The molecular formula is C23H29Cl3N2O2S2. The average molecular weight is 536 g/mol. The predicted octanol–water partition coefficient (Wildman–Crippen LogP) is 6.19. The largest absolute Gasteiger partial charge is 0.302 e. The molecule has 9 heteroatoms. The van der Waals surface area contributed by atoms with Crippen LogP contribution in [0.5, 0.6) is 0 Å².